The lowest BCUT2D eigenvalue weighted by Crippen LogP contribution is -2.38. The molecule has 0 bridgehead atoms. The molecular formula is C30H35FN2O7S. The second-order valence-electron chi connectivity index (χ2n) is 11.3. The fraction of sp³-hybridized carbons (Fsp3) is 0.467. The summed E-state index contributed by atoms with van der Waals surface area (Å²) in [6, 6.07) is 7.08. The molecule has 9 nitrogen and oxygen atoms in total. The van der Waals surface area contributed by atoms with Gasteiger partial charge >= 0.3 is 12.1 Å². The molecule has 2 aromatic carbocycles. The molecule has 1 saturated heterocycles. The van der Waals surface area contributed by atoms with Crippen molar-refractivity contribution in [2.75, 3.05) is 44.8 Å². The number of aliphatic hydroxyl groups is 1. The van der Waals surface area contributed by atoms with Gasteiger partial charge in [0.2, 0.25) is 0 Å². The third kappa shape index (κ3) is 5.94. The number of hydrogen-bond acceptors (Lipinski definition) is 8. The van der Waals surface area contributed by atoms with Crippen LogP contribution in [0.15, 0.2) is 41.3 Å². The maximum Gasteiger partial charge on any atom is 0.456 e. The molecule has 1 N–H and O–H groups in total. The molecule has 41 heavy (non-hydrogen) atoms. The highest BCUT2D eigenvalue weighted by Gasteiger charge is 2.47. The van der Waals surface area contributed by atoms with Crippen LogP contribution in [0.25, 0.3) is 6.08 Å². The number of likely N-dealkylation sites (tertiary alicyclic amines) is 1. The Balaban J connectivity index is 1.47. The fourth-order valence-corrected chi connectivity index (χ4v) is 6.91. The molecule has 3 aliphatic rings. The van der Waals surface area contributed by atoms with Crippen molar-refractivity contribution < 1.29 is 37.8 Å². The number of rotatable bonds is 8. The molecule has 1 aliphatic carbocycles. The Labute approximate surface area is 242 Å². The summed E-state index contributed by atoms with van der Waals surface area (Å²) in [5.41, 5.74) is 0.385. The Kier molecular flexibility index (Phi) is 8.34. The maximum absolute atomic E-state index is 14.4. The molecule has 0 aromatic heterocycles. The highest BCUT2D eigenvalue weighted by atomic mass is 32.2. The van der Waals surface area contributed by atoms with Gasteiger partial charge in [-0.1, -0.05) is 22.5 Å². The van der Waals surface area contributed by atoms with E-state index in [0.29, 0.717) is 30.4 Å². The minimum atomic E-state index is -2.24. The predicted molar refractivity (Wildman–Crippen MR) is 152 cm³/mol. The highest BCUT2D eigenvalue weighted by Crippen LogP contribution is 2.56. The molecule has 0 spiro atoms. The number of anilines is 1. The van der Waals surface area contributed by atoms with Crippen LogP contribution < -0.4 is 9.04 Å². The molecule has 0 radical (unpaired) electrons. The van der Waals surface area contributed by atoms with Gasteiger partial charge in [-0.3, -0.25) is 4.90 Å². The first kappa shape index (κ1) is 29.4. The van der Waals surface area contributed by atoms with Crippen molar-refractivity contribution >= 4 is 35.2 Å². The van der Waals surface area contributed by atoms with Gasteiger partial charge in [-0.25, -0.2) is 14.0 Å². The molecule has 2 fully saturated rings. The van der Waals surface area contributed by atoms with Crippen LogP contribution in [-0.2, 0) is 20.8 Å². The minimum absolute atomic E-state index is 0.00821. The summed E-state index contributed by atoms with van der Waals surface area (Å²) in [6.45, 7) is 6.14. The number of methoxy groups -OCH3 is 2. The van der Waals surface area contributed by atoms with Crippen LogP contribution in [-0.4, -0.2) is 72.7 Å². The van der Waals surface area contributed by atoms with Crippen LogP contribution in [0.3, 0.4) is 0 Å². The quantitative estimate of drug-likeness (QED) is 0.355. The first-order valence-corrected chi connectivity index (χ1v) is 14.7. The molecule has 220 valence electrons. The van der Waals surface area contributed by atoms with Gasteiger partial charge in [0, 0.05) is 30.5 Å². The monoisotopic (exact) mass is 586 g/mol. The third-order valence-corrected chi connectivity index (χ3v) is 9.56. The Bertz CT molecular complexity index is 1360. The van der Waals surface area contributed by atoms with E-state index < -0.39 is 34.8 Å². The van der Waals surface area contributed by atoms with Gasteiger partial charge in [0.05, 0.1) is 26.4 Å². The van der Waals surface area contributed by atoms with E-state index in [1.165, 1.54) is 25.3 Å². The predicted octanol–water partition coefficient (Wildman–Crippen LogP) is 4.51. The average Bonchev–Trinajstić information content (AvgIpc) is 3.59. The Morgan fingerprint density at radius 3 is 2.73 bits per heavy atom. The van der Waals surface area contributed by atoms with E-state index in [1.807, 2.05) is 6.08 Å². The standard InChI is InChI=1S/C30H35FN2O7S/c1-30(2,36)20-11-13-32(16-20)12-5-6-18-14-21(31)7-10-25(18)41(37)33(29(35)39-4)24-9-8-22-23-15-19(23)17-40-27(22)26(24)28(34)38-3/h5-10,14,19-20,23,36H,11-13,15-17H2,1-4H3/b6-5-/t19-,20+,23-,41?/m0/s1. The Morgan fingerprint density at radius 1 is 1.27 bits per heavy atom. The number of carbonyl (C=O) groups excluding carboxylic acids is 2. The van der Waals surface area contributed by atoms with E-state index in [-0.39, 0.29) is 28.0 Å². The lowest BCUT2D eigenvalue weighted by Gasteiger charge is -2.27. The summed E-state index contributed by atoms with van der Waals surface area (Å²) in [7, 11) is 2.37. The molecule has 1 unspecified atom stereocenters. The Hall–Kier alpha value is -3.12. The van der Waals surface area contributed by atoms with Crippen LogP contribution in [0.2, 0.25) is 0 Å². The van der Waals surface area contributed by atoms with Gasteiger partial charge < -0.3 is 23.9 Å². The minimum Gasteiger partial charge on any atom is -0.587 e. The normalized spacial score (nSPS) is 22.5. The molecule has 2 heterocycles. The zero-order valence-electron chi connectivity index (χ0n) is 23.6. The van der Waals surface area contributed by atoms with Crippen molar-refractivity contribution in [2.45, 2.75) is 43.1 Å². The lowest BCUT2D eigenvalue weighted by molar-refractivity contribution is 0.0215. The van der Waals surface area contributed by atoms with E-state index in [0.717, 1.165) is 42.9 Å². The molecule has 5 rings (SSSR count). The summed E-state index contributed by atoms with van der Waals surface area (Å²) in [6.07, 6.45) is 4.34. The molecule has 2 aliphatic heterocycles. The van der Waals surface area contributed by atoms with Crippen LogP contribution in [0.5, 0.6) is 5.75 Å². The molecule has 1 amide bonds. The van der Waals surface area contributed by atoms with E-state index in [1.54, 1.807) is 32.1 Å². The van der Waals surface area contributed by atoms with E-state index in [9.17, 15) is 23.6 Å². The summed E-state index contributed by atoms with van der Waals surface area (Å²) >= 11 is -2.24. The number of carbonyl (C=O) groups is 2. The van der Waals surface area contributed by atoms with Crippen LogP contribution in [0, 0.1) is 17.7 Å². The molecule has 1 saturated carbocycles. The number of nitrogens with zero attached hydrogens (tertiary/aromatic N) is 2. The smallest absolute Gasteiger partial charge is 0.456 e. The largest absolute Gasteiger partial charge is 0.587 e. The second kappa shape index (κ2) is 11.6. The van der Waals surface area contributed by atoms with Crippen molar-refractivity contribution in [3.8, 4) is 5.75 Å². The van der Waals surface area contributed by atoms with Gasteiger partial charge in [0.15, 0.2) is 4.90 Å². The van der Waals surface area contributed by atoms with Crippen LogP contribution in [0.4, 0.5) is 14.9 Å². The molecule has 2 aromatic rings. The number of hydrogen-bond donors (Lipinski definition) is 1. The Morgan fingerprint density at radius 2 is 2.05 bits per heavy atom. The summed E-state index contributed by atoms with van der Waals surface area (Å²) < 4.78 is 45.3. The van der Waals surface area contributed by atoms with E-state index in [2.05, 4.69) is 4.90 Å². The van der Waals surface area contributed by atoms with Crippen molar-refractivity contribution in [3.63, 3.8) is 0 Å². The van der Waals surface area contributed by atoms with E-state index in [4.69, 9.17) is 14.2 Å². The van der Waals surface area contributed by atoms with Gasteiger partial charge in [-0.05, 0) is 69.0 Å². The van der Waals surface area contributed by atoms with Gasteiger partial charge in [-0.15, -0.1) is 0 Å². The van der Waals surface area contributed by atoms with Crippen molar-refractivity contribution in [3.05, 3.63) is 58.9 Å². The zero-order valence-corrected chi connectivity index (χ0v) is 24.4. The van der Waals surface area contributed by atoms with Crippen LogP contribution in [0.1, 0.15) is 54.1 Å². The zero-order chi connectivity index (χ0) is 29.5. The number of benzene rings is 2. The highest BCUT2D eigenvalue weighted by molar-refractivity contribution is 7.93. The summed E-state index contributed by atoms with van der Waals surface area (Å²) in [5, 5.41) is 10.3. The fourth-order valence-electron chi connectivity index (χ4n) is 5.66. The van der Waals surface area contributed by atoms with Gasteiger partial charge in [-0.2, -0.15) is 0 Å². The number of amides is 1. The van der Waals surface area contributed by atoms with Crippen LogP contribution >= 0.6 is 0 Å². The SMILES string of the molecule is COC(=O)c1c(N(C(=O)OC)[S+]([O-])c2ccc(F)cc2/C=C\CN2CC[C@@H](C(C)(C)O)C2)ccc2c1OC[C@@H]1C[C@H]21. The first-order chi connectivity index (χ1) is 19.5. The number of halogens is 1. The van der Waals surface area contributed by atoms with E-state index >= 15 is 0 Å². The summed E-state index contributed by atoms with van der Waals surface area (Å²) in [4.78, 5) is 28.4. The van der Waals surface area contributed by atoms with Crippen molar-refractivity contribution in [1.29, 1.82) is 0 Å². The number of esters is 1. The molecular weight excluding hydrogens is 551 g/mol. The molecule has 11 heteroatoms. The maximum atomic E-state index is 14.4. The van der Waals surface area contributed by atoms with Gasteiger partial charge in [0.25, 0.3) is 0 Å². The van der Waals surface area contributed by atoms with Crippen molar-refractivity contribution in [1.82, 2.24) is 4.90 Å². The average molecular weight is 587 g/mol. The topological polar surface area (TPSA) is 112 Å². The second-order valence-corrected chi connectivity index (χ2v) is 12.6. The van der Waals surface area contributed by atoms with Crippen molar-refractivity contribution in [2.24, 2.45) is 11.8 Å². The number of fused-ring (bicyclic) bond motifs is 3. The van der Waals surface area contributed by atoms with Gasteiger partial charge in [0.1, 0.15) is 34.2 Å². The number of ether oxygens (including phenoxy) is 3. The summed E-state index contributed by atoms with van der Waals surface area (Å²) in [5.74, 6) is -0.160. The third-order valence-electron chi connectivity index (χ3n) is 8.14. The first-order valence-electron chi connectivity index (χ1n) is 13.6. The lowest BCUT2D eigenvalue weighted by atomic mass is 9.90. The molecule has 4 atom stereocenters.